The maximum absolute atomic E-state index is 12.3. The second-order valence-corrected chi connectivity index (χ2v) is 8.64. The summed E-state index contributed by atoms with van der Waals surface area (Å²) >= 11 is 6.70. The Bertz CT molecular complexity index is 583. The van der Waals surface area contributed by atoms with Crippen LogP contribution in [0.4, 0.5) is 0 Å². The summed E-state index contributed by atoms with van der Waals surface area (Å²) in [6.07, 6.45) is 2.45. The smallest absolute Gasteiger partial charge is 0.211 e. The number of rotatable bonds is 5. The minimum atomic E-state index is -3.46. The summed E-state index contributed by atoms with van der Waals surface area (Å²) in [4.78, 5) is 0.285. The molecule has 106 valence electrons. The van der Waals surface area contributed by atoms with Crippen molar-refractivity contribution in [1.82, 2.24) is 4.72 Å². The Kier molecular flexibility index (Phi) is 4.75. The van der Waals surface area contributed by atoms with Crippen LogP contribution >= 0.6 is 31.9 Å². The standard InChI is InChI=1S/C13H17Br2NO2S/c1-8-5-12(15)13(6-11(8)14)19(17,18)16-7-9(2)10-3-4-10/h5-6,9-10,16H,3-4,7H2,1-2H3. The van der Waals surface area contributed by atoms with Gasteiger partial charge in [-0.25, -0.2) is 13.1 Å². The maximum atomic E-state index is 12.3. The highest BCUT2D eigenvalue weighted by molar-refractivity contribution is 9.11. The average molecular weight is 411 g/mol. The summed E-state index contributed by atoms with van der Waals surface area (Å²) in [5.41, 5.74) is 0.997. The normalized spacial score (nSPS) is 17.5. The van der Waals surface area contributed by atoms with Gasteiger partial charge in [-0.15, -0.1) is 0 Å². The van der Waals surface area contributed by atoms with Crippen molar-refractivity contribution < 1.29 is 8.42 Å². The van der Waals surface area contributed by atoms with E-state index in [1.54, 1.807) is 6.07 Å². The molecule has 19 heavy (non-hydrogen) atoms. The molecule has 6 heteroatoms. The number of aryl methyl sites for hydroxylation is 1. The molecule has 1 unspecified atom stereocenters. The number of benzene rings is 1. The summed E-state index contributed by atoms with van der Waals surface area (Å²) in [5, 5.41) is 0. The van der Waals surface area contributed by atoms with Crippen LogP contribution in [0.3, 0.4) is 0 Å². The number of sulfonamides is 1. The van der Waals surface area contributed by atoms with Crippen LogP contribution in [0.1, 0.15) is 25.3 Å². The summed E-state index contributed by atoms with van der Waals surface area (Å²) < 4.78 is 28.7. The van der Waals surface area contributed by atoms with Crippen LogP contribution in [0.25, 0.3) is 0 Å². The molecular weight excluding hydrogens is 394 g/mol. The van der Waals surface area contributed by atoms with Crippen LogP contribution in [-0.2, 0) is 10.0 Å². The van der Waals surface area contributed by atoms with E-state index in [0.717, 1.165) is 10.0 Å². The van der Waals surface area contributed by atoms with Crippen LogP contribution < -0.4 is 4.72 Å². The zero-order valence-corrected chi connectivity index (χ0v) is 14.9. The van der Waals surface area contributed by atoms with Crippen molar-refractivity contribution in [2.75, 3.05) is 6.54 Å². The second kappa shape index (κ2) is 5.84. The third-order valence-corrected chi connectivity index (χ3v) is 6.76. The van der Waals surface area contributed by atoms with Crippen molar-refractivity contribution >= 4 is 41.9 Å². The Balaban J connectivity index is 2.16. The van der Waals surface area contributed by atoms with Crippen LogP contribution in [-0.4, -0.2) is 15.0 Å². The Morgan fingerprint density at radius 1 is 1.32 bits per heavy atom. The van der Waals surface area contributed by atoms with Gasteiger partial charge in [-0.3, -0.25) is 0 Å². The molecule has 0 radical (unpaired) electrons. The van der Waals surface area contributed by atoms with Gasteiger partial charge in [0, 0.05) is 15.5 Å². The van der Waals surface area contributed by atoms with Crippen LogP contribution in [0.2, 0.25) is 0 Å². The third-order valence-electron chi connectivity index (χ3n) is 3.52. The second-order valence-electron chi connectivity index (χ2n) is 5.20. The lowest BCUT2D eigenvalue weighted by atomic mass is 10.1. The van der Waals surface area contributed by atoms with Gasteiger partial charge in [0.1, 0.15) is 0 Å². The van der Waals surface area contributed by atoms with Crippen molar-refractivity contribution in [2.45, 2.75) is 31.6 Å². The van der Waals surface area contributed by atoms with Crippen molar-refractivity contribution in [3.63, 3.8) is 0 Å². The molecule has 1 aliphatic rings. The van der Waals surface area contributed by atoms with Crippen molar-refractivity contribution in [3.05, 3.63) is 26.6 Å². The Morgan fingerprint density at radius 3 is 2.53 bits per heavy atom. The molecule has 0 spiro atoms. The van der Waals surface area contributed by atoms with Crippen LogP contribution in [0.5, 0.6) is 0 Å². The van der Waals surface area contributed by atoms with Gasteiger partial charge < -0.3 is 0 Å². The van der Waals surface area contributed by atoms with E-state index < -0.39 is 10.0 Å². The first-order chi connectivity index (χ1) is 8.81. The zero-order chi connectivity index (χ0) is 14.2. The first-order valence-electron chi connectivity index (χ1n) is 6.26. The van der Waals surface area contributed by atoms with Gasteiger partial charge in [-0.2, -0.15) is 0 Å². The molecule has 0 aromatic heterocycles. The van der Waals surface area contributed by atoms with Crippen LogP contribution in [0.15, 0.2) is 26.0 Å². The summed E-state index contributed by atoms with van der Waals surface area (Å²) in [6, 6.07) is 3.45. The van der Waals surface area contributed by atoms with E-state index in [-0.39, 0.29) is 4.90 Å². The lowest BCUT2D eigenvalue weighted by molar-refractivity contribution is 0.491. The highest BCUT2D eigenvalue weighted by Gasteiger charge is 2.29. The summed E-state index contributed by atoms with van der Waals surface area (Å²) in [7, 11) is -3.46. The van der Waals surface area contributed by atoms with Gasteiger partial charge in [0.05, 0.1) is 4.90 Å². The van der Waals surface area contributed by atoms with E-state index in [1.165, 1.54) is 12.8 Å². The number of halogens is 2. The first-order valence-corrected chi connectivity index (χ1v) is 9.33. The minimum absolute atomic E-state index is 0.285. The molecule has 1 saturated carbocycles. The molecule has 0 amide bonds. The molecule has 1 N–H and O–H groups in total. The molecule has 1 aromatic rings. The molecule has 0 heterocycles. The van der Waals surface area contributed by atoms with E-state index >= 15 is 0 Å². The molecule has 0 aliphatic heterocycles. The van der Waals surface area contributed by atoms with Crippen molar-refractivity contribution in [2.24, 2.45) is 11.8 Å². The predicted molar refractivity (Wildman–Crippen MR) is 83.7 cm³/mol. The molecule has 2 rings (SSSR count). The summed E-state index contributed by atoms with van der Waals surface area (Å²) in [6.45, 7) is 4.53. The monoisotopic (exact) mass is 409 g/mol. The first kappa shape index (κ1) is 15.5. The lowest BCUT2D eigenvalue weighted by Crippen LogP contribution is -2.29. The van der Waals surface area contributed by atoms with Gasteiger partial charge in [-0.05, 0) is 65.2 Å². The molecule has 1 aliphatic carbocycles. The van der Waals surface area contributed by atoms with Gasteiger partial charge in [0.2, 0.25) is 10.0 Å². The van der Waals surface area contributed by atoms with Crippen LogP contribution in [0, 0.1) is 18.8 Å². The molecule has 1 aromatic carbocycles. The molecule has 0 bridgehead atoms. The van der Waals surface area contributed by atoms with E-state index in [4.69, 9.17) is 0 Å². The SMILES string of the molecule is Cc1cc(Br)c(S(=O)(=O)NCC(C)C2CC2)cc1Br. The lowest BCUT2D eigenvalue weighted by Gasteiger charge is -2.13. The van der Waals surface area contributed by atoms with Gasteiger partial charge in [0.25, 0.3) is 0 Å². The number of hydrogen-bond donors (Lipinski definition) is 1. The largest absolute Gasteiger partial charge is 0.241 e. The van der Waals surface area contributed by atoms with Crippen molar-refractivity contribution in [3.8, 4) is 0 Å². The molecule has 3 nitrogen and oxygen atoms in total. The molecule has 1 fully saturated rings. The Labute approximate surface area is 131 Å². The number of nitrogens with one attached hydrogen (secondary N) is 1. The highest BCUT2D eigenvalue weighted by atomic mass is 79.9. The fourth-order valence-corrected chi connectivity index (χ4v) is 4.80. The van der Waals surface area contributed by atoms with Gasteiger partial charge in [-0.1, -0.05) is 22.9 Å². The third kappa shape index (κ3) is 3.80. The fourth-order valence-electron chi connectivity index (χ4n) is 1.98. The van der Waals surface area contributed by atoms with E-state index in [1.807, 2.05) is 13.0 Å². The quantitative estimate of drug-likeness (QED) is 0.801. The van der Waals surface area contributed by atoms with E-state index in [9.17, 15) is 8.42 Å². The van der Waals surface area contributed by atoms with Gasteiger partial charge in [0.15, 0.2) is 0 Å². The fraction of sp³-hybridized carbons (Fsp3) is 0.538. The number of hydrogen-bond acceptors (Lipinski definition) is 2. The van der Waals surface area contributed by atoms with Crippen molar-refractivity contribution in [1.29, 1.82) is 0 Å². The summed E-state index contributed by atoms with van der Waals surface area (Å²) in [5.74, 6) is 1.10. The molecular formula is C13H17Br2NO2S. The average Bonchev–Trinajstić information content (AvgIpc) is 3.14. The molecule has 0 saturated heterocycles. The van der Waals surface area contributed by atoms with Gasteiger partial charge >= 0.3 is 0 Å². The maximum Gasteiger partial charge on any atom is 0.241 e. The minimum Gasteiger partial charge on any atom is -0.211 e. The zero-order valence-electron chi connectivity index (χ0n) is 10.9. The predicted octanol–water partition coefficient (Wildman–Crippen LogP) is 3.84. The highest BCUT2D eigenvalue weighted by Crippen LogP contribution is 2.36. The Hall–Kier alpha value is 0.0900. The topological polar surface area (TPSA) is 46.2 Å². The molecule has 1 atom stereocenters. The Morgan fingerprint density at radius 2 is 1.95 bits per heavy atom. The van der Waals surface area contributed by atoms with E-state index in [0.29, 0.717) is 22.9 Å². The van der Waals surface area contributed by atoms with E-state index in [2.05, 4.69) is 43.5 Å².